The molecule has 1 aliphatic rings. The molecule has 1 heterocycles. The summed E-state index contributed by atoms with van der Waals surface area (Å²) in [7, 11) is 0. The molecule has 0 aromatic heterocycles. The van der Waals surface area contributed by atoms with Crippen molar-refractivity contribution in [1.82, 2.24) is 0 Å². The van der Waals surface area contributed by atoms with E-state index in [1.54, 1.807) is 0 Å². The average Bonchev–Trinajstić information content (AvgIpc) is 2.53. The Bertz CT molecular complexity index is 354. The molecule has 1 aliphatic heterocycles. The monoisotopic (exact) mass is 175 g/mol. The van der Waals surface area contributed by atoms with Crippen LogP contribution in [0, 0.1) is 6.92 Å². The number of aliphatic imine (C=N–C) groups is 1. The van der Waals surface area contributed by atoms with Gasteiger partial charge in [-0.2, -0.15) is 0 Å². The second-order valence-corrected chi connectivity index (χ2v) is 2.98. The first kappa shape index (κ1) is 7.98. The van der Waals surface area contributed by atoms with Crippen molar-refractivity contribution in [1.29, 1.82) is 0 Å². The Hall–Kier alpha value is -1.64. The molecule has 0 radical (unpaired) electrons. The van der Waals surface area contributed by atoms with Crippen LogP contribution in [-0.4, -0.2) is 12.2 Å². The lowest BCUT2D eigenvalue weighted by Gasteiger charge is -2.06. The number of cyclic esters (lactones) is 1. The van der Waals surface area contributed by atoms with Crippen LogP contribution in [0.1, 0.15) is 17.4 Å². The molecule has 0 spiro atoms. The molecule has 1 aromatic carbocycles. The number of esters is 1. The van der Waals surface area contributed by atoms with E-state index in [1.807, 2.05) is 31.2 Å². The highest BCUT2D eigenvalue weighted by atomic mass is 16.6. The van der Waals surface area contributed by atoms with Gasteiger partial charge in [-0.15, -0.1) is 0 Å². The van der Waals surface area contributed by atoms with E-state index in [0.717, 1.165) is 5.56 Å². The molecular weight excluding hydrogens is 166 g/mol. The molecule has 1 aromatic rings. The zero-order valence-corrected chi connectivity index (χ0v) is 7.23. The van der Waals surface area contributed by atoms with E-state index in [4.69, 9.17) is 4.74 Å². The summed E-state index contributed by atoms with van der Waals surface area (Å²) >= 11 is 0. The van der Waals surface area contributed by atoms with Gasteiger partial charge >= 0.3 is 5.97 Å². The Morgan fingerprint density at radius 1 is 1.31 bits per heavy atom. The third kappa shape index (κ3) is 1.59. The van der Waals surface area contributed by atoms with Gasteiger partial charge in [0.2, 0.25) is 6.23 Å². The third-order valence-corrected chi connectivity index (χ3v) is 1.91. The predicted molar refractivity (Wildman–Crippen MR) is 48.5 cm³/mol. The van der Waals surface area contributed by atoms with Crippen LogP contribution >= 0.6 is 0 Å². The van der Waals surface area contributed by atoms with Crippen LogP contribution in [0.4, 0.5) is 0 Å². The van der Waals surface area contributed by atoms with Gasteiger partial charge in [-0.25, -0.2) is 9.79 Å². The summed E-state index contributed by atoms with van der Waals surface area (Å²) in [4.78, 5) is 14.6. The predicted octanol–water partition coefficient (Wildman–Crippen LogP) is 1.62. The van der Waals surface area contributed by atoms with E-state index < -0.39 is 6.23 Å². The van der Waals surface area contributed by atoms with Crippen LogP contribution in [-0.2, 0) is 9.53 Å². The maximum absolute atomic E-state index is 10.7. The van der Waals surface area contributed by atoms with Crippen molar-refractivity contribution >= 4 is 12.2 Å². The summed E-state index contributed by atoms with van der Waals surface area (Å²) in [5.41, 5.74) is 2.09. The van der Waals surface area contributed by atoms with Gasteiger partial charge in [-0.3, -0.25) is 0 Å². The molecule has 1 unspecified atom stereocenters. The second-order valence-electron chi connectivity index (χ2n) is 2.98. The highest BCUT2D eigenvalue weighted by molar-refractivity contribution is 6.24. The molecule has 0 bridgehead atoms. The van der Waals surface area contributed by atoms with Crippen molar-refractivity contribution in [3.8, 4) is 0 Å². The lowest BCUT2D eigenvalue weighted by molar-refractivity contribution is -0.137. The van der Waals surface area contributed by atoms with Crippen molar-refractivity contribution in [3.05, 3.63) is 35.4 Å². The summed E-state index contributed by atoms with van der Waals surface area (Å²) in [6.45, 7) is 2.01. The normalized spacial score (nSPS) is 20.4. The lowest BCUT2D eigenvalue weighted by atomic mass is 10.1. The summed E-state index contributed by atoms with van der Waals surface area (Å²) in [6.07, 6.45) is 0.776. The Morgan fingerprint density at radius 3 is 2.54 bits per heavy atom. The number of rotatable bonds is 1. The largest absolute Gasteiger partial charge is 0.431 e. The first-order chi connectivity index (χ1) is 6.25. The van der Waals surface area contributed by atoms with Gasteiger partial charge in [0.15, 0.2) is 0 Å². The minimum absolute atomic E-state index is 0.370. The highest BCUT2D eigenvalue weighted by Gasteiger charge is 2.19. The quantitative estimate of drug-likeness (QED) is 0.608. The van der Waals surface area contributed by atoms with E-state index in [-0.39, 0.29) is 5.97 Å². The number of nitrogens with zero attached hydrogens (tertiary/aromatic N) is 1. The van der Waals surface area contributed by atoms with E-state index in [0.29, 0.717) is 0 Å². The van der Waals surface area contributed by atoms with Crippen molar-refractivity contribution in [2.45, 2.75) is 13.2 Å². The molecule has 0 fully saturated rings. The number of aryl methyl sites for hydroxylation is 1. The van der Waals surface area contributed by atoms with Crippen LogP contribution in [0.25, 0.3) is 0 Å². The summed E-state index contributed by atoms with van der Waals surface area (Å²) in [5, 5.41) is 0. The second kappa shape index (κ2) is 3.01. The van der Waals surface area contributed by atoms with Gasteiger partial charge in [0.05, 0.1) is 0 Å². The molecule has 0 aliphatic carbocycles. The van der Waals surface area contributed by atoms with Crippen LogP contribution in [0.2, 0.25) is 0 Å². The minimum Gasteiger partial charge on any atom is -0.431 e. The molecule has 66 valence electrons. The molecule has 2 rings (SSSR count). The number of benzene rings is 1. The first-order valence-corrected chi connectivity index (χ1v) is 4.06. The molecule has 3 nitrogen and oxygen atoms in total. The molecule has 0 amide bonds. The Morgan fingerprint density at radius 2 is 2.00 bits per heavy atom. The van der Waals surface area contributed by atoms with Crippen molar-refractivity contribution < 1.29 is 9.53 Å². The SMILES string of the molecule is Cc1ccc(C2N=CC(=O)O2)cc1. The number of carbonyl (C=O) groups is 1. The maximum atomic E-state index is 10.7. The van der Waals surface area contributed by atoms with Crippen LogP contribution < -0.4 is 0 Å². The molecule has 3 heteroatoms. The fourth-order valence-corrected chi connectivity index (χ4v) is 1.18. The standard InChI is InChI=1S/C10H9NO2/c1-7-2-4-8(5-3-7)10-11-6-9(12)13-10/h2-6,10H,1H3. The van der Waals surface area contributed by atoms with Gasteiger partial charge in [-0.1, -0.05) is 29.8 Å². The smallest absolute Gasteiger partial charge is 0.351 e. The Kier molecular flexibility index (Phi) is 1.85. The number of carbonyl (C=O) groups excluding carboxylic acids is 1. The van der Waals surface area contributed by atoms with Crippen LogP contribution in [0.3, 0.4) is 0 Å². The van der Waals surface area contributed by atoms with Gasteiger partial charge < -0.3 is 4.74 Å². The van der Waals surface area contributed by atoms with E-state index >= 15 is 0 Å². The summed E-state index contributed by atoms with van der Waals surface area (Å²) < 4.78 is 4.93. The van der Waals surface area contributed by atoms with Crippen molar-refractivity contribution in [2.24, 2.45) is 4.99 Å². The van der Waals surface area contributed by atoms with Crippen LogP contribution in [0.5, 0.6) is 0 Å². The average molecular weight is 175 g/mol. The van der Waals surface area contributed by atoms with Gasteiger partial charge in [-0.05, 0) is 6.92 Å². The topological polar surface area (TPSA) is 38.7 Å². The summed E-state index contributed by atoms with van der Waals surface area (Å²) in [5.74, 6) is -0.370. The molecule has 0 N–H and O–H groups in total. The van der Waals surface area contributed by atoms with Gasteiger partial charge in [0.1, 0.15) is 6.21 Å². The number of ether oxygens (including phenoxy) is 1. The van der Waals surface area contributed by atoms with E-state index in [1.165, 1.54) is 11.8 Å². The van der Waals surface area contributed by atoms with Gasteiger partial charge in [0, 0.05) is 5.56 Å². The Balaban J connectivity index is 2.22. The minimum atomic E-state index is -0.437. The van der Waals surface area contributed by atoms with E-state index in [2.05, 4.69) is 4.99 Å². The van der Waals surface area contributed by atoms with Crippen LogP contribution in [0.15, 0.2) is 29.3 Å². The zero-order chi connectivity index (χ0) is 9.26. The lowest BCUT2D eigenvalue weighted by Crippen LogP contribution is -2.00. The highest BCUT2D eigenvalue weighted by Crippen LogP contribution is 2.21. The first-order valence-electron chi connectivity index (χ1n) is 4.06. The van der Waals surface area contributed by atoms with Gasteiger partial charge in [0.25, 0.3) is 0 Å². The number of hydrogen-bond acceptors (Lipinski definition) is 3. The number of hydrogen-bond donors (Lipinski definition) is 0. The van der Waals surface area contributed by atoms with Crippen molar-refractivity contribution in [3.63, 3.8) is 0 Å². The Labute approximate surface area is 76.1 Å². The molecule has 0 saturated carbocycles. The fraction of sp³-hybridized carbons (Fsp3) is 0.200. The maximum Gasteiger partial charge on any atom is 0.351 e. The van der Waals surface area contributed by atoms with E-state index in [9.17, 15) is 4.79 Å². The third-order valence-electron chi connectivity index (χ3n) is 1.91. The molecule has 13 heavy (non-hydrogen) atoms. The fourth-order valence-electron chi connectivity index (χ4n) is 1.18. The molecule has 1 atom stereocenters. The van der Waals surface area contributed by atoms with Crippen molar-refractivity contribution in [2.75, 3.05) is 0 Å². The molecule has 0 saturated heterocycles. The zero-order valence-electron chi connectivity index (χ0n) is 7.23. The summed E-state index contributed by atoms with van der Waals surface area (Å²) in [6, 6.07) is 7.76. The molecular formula is C10H9NO2.